The van der Waals surface area contributed by atoms with Crippen molar-refractivity contribution in [1.82, 2.24) is 4.72 Å². The van der Waals surface area contributed by atoms with Gasteiger partial charge in [-0.05, 0) is 62.2 Å². The van der Waals surface area contributed by atoms with Gasteiger partial charge >= 0.3 is 0 Å². The van der Waals surface area contributed by atoms with Gasteiger partial charge in [0.15, 0.2) is 0 Å². The summed E-state index contributed by atoms with van der Waals surface area (Å²) >= 11 is 0. The van der Waals surface area contributed by atoms with Gasteiger partial charge in [-0.25, -0.2) is 13.1 Å². The van der Waals surface area contributed by atoms with Crippen LogP contribution in [0.5, 0.6) is 5.75 Å². The van der Waals surface area contributed by atoms with Crippen LogP contribution in [0.2, 0.25) is 0 Å². The Morgan fingerprint density at radius 1 is 1.04 bits per heavy atom. The number of sulfonamides is 1. The molecule has 0 aliphatic rings. The largest absolute Gasteiger partial charge is 0.492 e. The summed E-state index contributed by atoms with van der Waals surface area (Å²) in [4.78, 5) is 12.5. The van der Waals surface area contributed by atoms with E-state index in [0.29, 0.717) is 12.3 Å². The van der Waals surface area contributed by atoms with Gasteiger partial charge in [0, 0.05) is 17.8 Å². The molecule has 0 spiro atoms. The van der Waals surface area contributed by atoms with Crippen molar-refractivity contribution in [1.29, 1.82) is 0 Å². The SMILES string of the molecule is CCNS(=O)(=O)c1cc(C(=O)Nc2cc(C)cc(C)c2)ccc1OCC. The molecule has 0 heterocycles. The summed E-state index contributed by atoms with van der Waals surface area (Å²) < 4.78 is 32.7. The molecule has 0 radical (unpaired) electrons. The maximum absolute atomic E-state index is 12.6. The molecular weight excluding hydrogens is 352 g/mol. The first-order valence-corrected chi connectivity index (χ1v) is 9.91. The van der Waals surface area contributed by atoms with E-state index in [1.807, 2.05) is 32.0 Å². The first-order chi connectivity index (χ1) is 12.3. The van der Waals surface area contributed by atoms with Crippen LogP contribution in [0.25, 0.3) is 0 Å². The molecule has 0 saturated heterocycles. The second-order valence-corrected chi connectivity index (χ2v) is 7.66. The van der Waals surface area contributed by atoms with Crippen molar-refractivity contribution in [2.24, 2.45) is 0 Å². The van der Waals surface area contributed by atoms with E-state index >= 15 is 0 Å². The van der Waals surface area contributed by atoms with E-state index in [1.165, 1.54) is 12.1 Å². The average Bonchev–Trinajstić information content (AvgIpc) is 2.54. The Kier molecular flexibility index (Phi) is 6.39. The minimum absolute atomic E-state index is 0.0470. The van der Waals surface area contributed by atoms with Crippen molar-refractivity contribution < 1.29 is 17.9 Å². The first kappa shape index (κ1) is 19.9. The van der Waals surface area contributed by atoms with E-state index < -0.39 is 10.0 Å². The number of anilines is 1. The summed E-state index contributed by atoms with van der Waals surface area (Å²) in [6, 6.07) is 10.1. The van der Waals surface area contributed by atoms with Gasteiger partial charge in [0.2, 0.25) is 10.0 Å². The summed E-state index contributed by atoms with van der Waals surface area (Å²) in [6.07, 6.45) is 0. The molecule has 0 aliphatic heterocycles. The summed E-state index contributed by atoms with van der Waals surface area (Å²) in [5.41, 5.74) is 2.96. The van der Waals surface area contributed by atoms with Gasteiger partial charge in [-0.15, -0.1) is 0 Å². The molecule has 6 nitrogen and oxygen atoms in total. The van der Waals surface area contributed by atoms with Gasteiger partial charge in [0.1, 0.15) is 10.6 Å². The van der Waals surface area contributed by atoms with Crippen LogP contribution in [0, 0.1) is 13.8 Å². The topological polar surface area (TPSA) is 84.5 Å². The van der Waals surface area contributed by atoms with Crippen molar-refractivity contribution in [3.63, 3.8) is 0 Å². The van der Waals surface area contributed by atoms with Gasteiger partial charge in [0.25, 0.3) is 5.91 Å². The molecule has 0 fully saturated rings. The van der Waals surface area contributed by atoms with E-state index in [2.05, 4.69) is 10.0 Å². The number of aryl methyl sites for hydroxylation is 2. The van der Waals surface area contributed by atoms with E-state index in [1.54, 1.807) is 19.9 Å². The van der Waals surface area contributed by atoms with E-state index in [0.717, 1.165) is 11.1 Å². The molecule has 2 aromatic carbocycles. The quantitative estimate of drug-likeness (QED) is 0.777. The molecule has 0 unspecified atom stereocenters. The number of carbonyl (C=O) groups is 1. The summed E-state index contributed by atoms with van der Waals surface area (Å²) in [7, 11) is -3.76. The van der Waals surface area contributed by atoms with Crippen molar-refractivity contribution in [3.05, 3.63) is 53.1 Å². The van der Waals surface area contributed by atoms with Gasteiger partial charge in [0.05, 0.1) is 6.61 Å². The lowest BCUT2D eigenvalue weighted by atomic mass is 10.1. The van der Waals surface area contributed by atoms with Gasteiger partial charge < -0.3 is 10.1 Å². The zero-order valence-electron chi connectivity index (χ0n) is 15.4. The highest BCUT2D eigenvalue weighted by atomic mass is 32.2. The van der Waals surface area contributed by atoms with E-state index in [9.17, 15) is 13.2 Å². The van der Waals surface area contributed by atoms with Gasteiger partial charge in [-0.2, -0.15) is 0 Å². The van der Waals surface area contributed by atoms with Crippen molar-refractivity contribution >= 4 is 21.6 Å². The first-order valence-electron chi connectivity index (χ1n) is 8.43. The van der Waals surface area contributed by atoms with Crippen LogP contribution in [-0.4, -0.2) is 27.5 Å². The lowest BCUT2D eigenvalue weighted by Crippen LogP contribution is -2.24. The molecule has 2 rings (SSSR count). The number of benzene rings is 2. The molecule has 0 aromatic heterocycles. The predicted octanol–water partition coefficient (Wildman–Crippen LogP) is 3.25. The monoisotopic (exact) mass is 376 g/mol. The van der Waals surface area contributed by atoms with Gasteiger partial charge in [-0.3, -0.25) is 4.79 Å². The van der Waals surface area contributed by atoms with E-state index in [4.69, 9.17) is 4.74 Å². The molecule has 2 N–H and O–H groups in total. The summed E-state index contributed by atoms with van der Waals surface area (Å²) in [6.45, 7) is 7.91. The minimum atomic E-state index is -3.76. The number of nitrogens with one attached hydrogen (secondary N) is 2. The summed E-state index contributed by atoms with van der Waals surface area (Å²) in [5, 5.41) is 2.81. The highest BCUT2D eigenvalue weighted by Crippen LogP contribution is 2.26. The summed E-state index contributed by atoms with van der Waals surface area (Å²) in [5.74, 6) is -0.164. The molecule has 0 atom stereocenters. The maximum atomic E-state index is 12.6. The molecular formula is C19H24N2O4S. The van der Waals surface area contributed by atoms with E-state index in [-0.39, 0.29) is 28.7 Å². The second-order valence-electron chi connectivity index (χ2n) is 5.93. The number of carbonyl (C=O) groups excluding carboxylic acids is 1. The third-order valence-corrected chi connectivity index (χ3v) is 5.18. The molecule has 1 amide bonds. The third kappa shape index (κ3) is 4.83. The highest BCUT2D eigenvalue weighted by molar-refractivity contribution is 7.89. The number of ether oxygens (including phenoxy) is 1. The second kappa shape index (κ2) is 8.33. The fraction of sp³-hybridized carbons (Fsp3) is 0.316. The van der Waals surface area contributed by atoms with Crippen molar-refractivity contribution in [2.45, 2.75) is 32.6 Å². The Hall–Kier alpha value is -2.38. The number of rotatable bonds is 7. The normalized spacial score (nSPS) is 11.2. The van der Waals surface area contributed by atoms with Crippen LogP contribution in [-0.2, 0) is 10.0 Å². The average molecular weight is 376 g/mol. The number of hydrogen-bond acceptors (Lipinski definition) is 4. The van der Waals surface area contributed by atoms with Crippen LogP contribution < -0.4 is 14.8 Å². The van der Waals surface area contributed by atoms with Crippen LogP contribution in [0.1, 0.15) is 35.3 Å². The number of hydrogen-bond donors (Lipinski definition) is 2. The smallest absolute Gasteiger partial charge is 0.255 e. The minimum Gasteiger partial charge on any atom is -0.492 e. The standard InChI is InChI=1S/C19H24N2O4S/c1-5-20-26(23,24)18-12-15(7-8-17(18)25-6-2)19(22)21-16-10-13(3)9-14(4)11-16/h7-12,20H,5-6H2,1-4H3,(H,21,22). The Balaban J connectivity index is 2.38. The van der Waals surface area contributed by atoms with Crippen LogP contribution in [0.3, 0.4) is 0 Å². The fourth-order valence-corrected chi connectivity index (χ4v) is 3.86. The molecule has 7 heteroatoms. The molecule has 2 aromatic rings. The van der Waals surface area contributed by atoms with Crippen LogP contribution in [0.15, 0.2) is 41.3 Å². The molecule has 140 valence electrons. The van der Waals surface area contributed by atoms with Crippen molar-refractivity contribution in [3.8, 4) is 5.75 Å². The molecule has 0 bridgehead atoms. The molecule has 0 saturated carbocycles. The van der Waals surface area contributed by atoms with Crippen LogP contribution >= 0.6 is 0 Å². The lowest BCUT2D eigenvalue weighted by Gasteiger charge is -2.13. The predicted molar refractivity (Wildman–Crippen MR) is 102 cm³/mol. The Morgan fingerprint density at radius 3 is 2.27 bits per heavy atom. The highest BCUT2D eigenvalue weighted by Gasteiger charge is 2.21. The fourth-order valence-electron chi connectivity index (χ4n) is 2.65. The zero-order valence-corrected chi connectivity index (χ0v) is 16.2. The Bertz CT molecular complexity index is 888. The zero-order chi connectivity index (χ0) is 19.3. The lowest BCUT2D eigenvalue weighted by molar-refractivity contribution is 0.102. The Morgan fingerprint density at radius 2 is 1.69 bits per heavy atom. The molecule has 26 heavy (non-hydrogen) atoms. The van der Waals surface area contributed by atoms with Crippen molar-refractivity contribution in [2.75, 3.05) is 18.5 Å². The third-order valence-electron chi connectivity index (χ3n) is 3.61. The van der Waals surface area contributed by atoms with Crippen LogP contribution in [0.4, 0.5) is 5.69 Å². The van der Waals surface area contributed by atoms with Gasteiger partial charge in [-0.1, -0.05) is 13.0 Å². The maximum Gasteiger partial charge on any atom is 0.255 e. The number of amides is 1. The molecule has 0 aliphatic carbocycles. The Labute approximate surface area is 154 Å².